The molecule has 0 unspecified atom stereocenters. The molecule has 8 heteroatoms. The lowest BCUT2D eigenvalue weighted by atomic mass is 9.93. The molecule has 0 amide bonds. The largest absolute Gasteiger partial charge is 0.334 e. The quantitative estimate of drug-likeness (QED) is 0.670. The van der Waals surface area contributed by atoms with Crippen LogP contribution in [0, 0.1) is 10.1 Å². The van der Waals surface area contributed by atoms with Crippen LogP contribution in [0.15, 0.2) is 22.7 Å². The molecule has 0 fully saturated rings. The average molecular weight is 311 g/mol. The van der Waals surface area contributed by atoms with Crippen molar-refractivity contribution in [1.82, 2.24) is 10.1 Å². The highest BCUT2D eigenvalue weighted by Gasteiger charge is 2.30. The van der Waals surface area contributed by atoms with Gasteiger partial charge in [-0.2, -0.15) is 4.98 Å². The van der Waals surface area contributed by atoms with Gasteiger partial charge < -0.3 is 10.3 Å². The van der Waals surface area contributed by atoms with Crippen LogP contribution in [-0.2, 0) is 5.54 Å². The lowest BCUT2D eigenvalue weighted by molar-refractivity contribution is -0.384. The fraction of sp³-hybridized carbons (Fsp3) is 0.385. The molecule has 2 N–H and O–H groups in total. The first kappa shape index (κ1) is 15.4. The maximum Gasteiger partial charge on any atom is 0.283 e. The van der Waals surface area contributed by atoms with Gasteiger partial charge in [0.2, 0.25) is 0 Å². The van der Waals surface area contributed by atoms with Crippen molar-refractivity contribution < 1.29 is 9.45 Å². The van der Waals surface area contributed by atoms with Crippen molar-refractivity contribution in [2.24, 2.45) is 5.73 Å². The molecule has 112 valence electrons. The van der Waals surface area contributed by atoms with Crippen LogP contribution >= 0.6 is 11.6 Å². The van der Waals surface area contributed by atoms with Crippen LogP contribution in [0.4, 0.5) is 5.69 Å². The Bertz CT molecular complexity index is 667. The van der Waals surface area contributed by atoms with Crippen molar-refractivity contribution in [2.75, 3.05) is 0 Å². The Morgan fingerprint density at radius 2 is 2.10 bits per heavy atom. The zero-order chi connectivity index (χ0) is 15.6. The molecule has 2 aromatic rings. The summed E-state index contributed by atoms with van der Waals surface area (Å²) in [6, 6.07) is 4.26. The van der Waals surface area contributed by atoms with E-state index in [2.05, 4.69) is 10.1 Å². The zero-order valence-electron chi connectivity index (χ0n) is 11.7. The summed E-state index contributed by atoms with van der Waals surface area (Å²) >= 11 is 5.78. The number of hydrogen-bond acceptors (Lipinski definition) is 6. The predicted octanol–water partition coefficient (Wildman–Crippen LogP) is 3.27. The number of nitrogens with two attached hydrogens (primary N) is 1. The summed E-state index contributed by atoms with van der Waals surface area (Å²) in [5.74, 6) is 0.400. The molecule has 0 atom stereocenters. The Hall–Kier alpha value is -1.99. The van der Waals surface area contributed by atoms with Gasteiger partial charge in [-0.05, 0) is 25.0 Å². The summed E-state index contributed by atoms with van der Waals surface area (Å²) in [4.78, 5) is 14.8. The molecule has 0 aliphatic heterocycles. The van der Waals surface area contributed by atoms with Gasteiger partial charge in [-0.1, -0.05) is 30.6 Å². The molecule has 0 saturated heterocycles. The van der Waals surface area contributed by atoms with Gasteiger partial charge in [0.15, 0.2) is 5.82 Å². The van der Waals surface area contributed by atoms with E-state index in [1.54, 1.807) is 0 Å². The standard InChI is InChI=1S/C13H15ClN4O3/c1-3-13(15,4-2)12-16-11(21-17-12)9-6-5-8(14)7-10(9)18(19)20/h5-7H,3-4,15H2,1-2H3. The summed E-state index contributed by atoms with van der Waals surface area (Å²) in [5.41, 5.74) is 5.52. The fourth-order valence-electron chi connectivity index (χ4n) is 1.94. The summed E-state index contributed by atoms with van der Waals surface area (Å²) in [6.45, 7) is 3.84. The van der Waals surface area contributed by atoms with E-state index >= 15 is 0 Å². The van der Waals surface area contributed by atoms with Crippen molar-refractivity contribution in [3.63, 3.8) is 0 Å². The van der Waals surface area contributed by atoms with Crippen LogP contribution in [0.5, 0.6) is 0 Å². The Kier molecular flexibility index (Phi) is 4.24. The van der Waals surface area contributed by atoms with Gasteiger partial charge in [0.1, 0.15) is 5.56 Å². The molecule has 0 saturated carbocycles. The predicted molar refractivity (Wildman–Crippen MR) is 77.8 cm³/mol. The molecule has 2 rings (SSSR count). The van der Waals surface area contributed by atoms with Gasteiger partial charge >= 0.3 is 0 Å². The second-order valence-corrected chi connectivity index (χ2v) is 5.14. The van der Waals surface area contributed by atoms with E-state index in [0.717, 1.165) is 0 Å². The highest BCUT2D eigenvalue weighted by molar-refractivity contribution is 6.30. The van der Waals surface area contributed by atoms with Gasteiger partial charge in [-0.15, -0.1) is 0 Å². The van der Waals surface area contributed by atoms with Crippen LogP contribution in [-0.4, -0.2) is 15.1 Å². The van der Waals surface area contributed by atoms with E-state index in [0.29, 0.717) is 18.7 Å². The van der Waals surface area contributed by atoms with Crippen LogP contribution in [0.25, 0.3) is 11.5 Å². The maximum absolute atomic E-state index is 11.1. The summed E-state index contributed by atoms with van der Waals surface area (Å²) in [5, 5.41) is 15.2. The first-order valence-corrected chi connectivity index (χ1v) is 6.86. The number of nitro groups is 1. The van der Waals surface area contributed by atoms with E-state index in [1.165, 1.54) is 18.2 Å². The Morgan fingerprint density at radius 1 is 1.43 bits per heavy atom. The molecule has 21 heavy (non-hydrogen) atoms. The molecule has 0 aliphatic rings. The van der Waals surface area contributed by atoms with E-state index in [1.807, 2.05) is 13.8 Å². The summed E-state index contributed by atoms with van der Waals surface area (Å²) in [6.07, 6.45) is 1.26. The van der Waals surface area contributed by atoms with Crippen molar-refractivity contribution in [3.8, 4) is 11.5 Å². The minimum Gasteiger partial charge on any atom is -0.334 e. The van der Waals surface area contributed by atoms with Gasteiger partial charge in [0, 0.05) is 11.1 Å². The van der Waals surface area contributed by atoms with E-state index in [-0.39, 0.29) is 22.2 Å². The number of nitrogens with zero attached hydrogens (tertiary/aromatic N) is 3. The Labute approximate surface area is 126 Å². The molecule has 1 heterocycles. The highest BCUT2D eigenvalue weighted by Crippen LogP contribution is 2.33. The molecular weight excluding hydrogens is 296 g/mol. The van der Waals surface area contributed by atoms with Crippen LogP contribution in [0.1, 0.15) is 32.5 Å². The van der Waals surface area contributed by atoms with Crippen molar-refractivity contribution in [3.05, 3.63) is 39.2 Å². The minimum atomic E-state index is -0.705. The molecule has 1 aromatic carbocycles. The first-order valence-electron chi connectivity index (χ1n) is 6.48. The lowest BCUT2D eigenvalue weighted by Crippen LogP contribution is -2.36. The molecular formula is C13H15ClN4O3. The SMILES string of the molecule is CCC(N)(CC)c1noc(-c2ccc(Cl)cc2[N+](=O)[O-])n1. The smallest absolute Gasteiger partial charge is 0.283 e. The fourth-order valence-corrected chi connectivity index (χ4v) is 2.10. The average Bonchev–Trinajstić information content (AvgIpc) is 2.96. The van der Waals surface area contributed by atoms with E-state index in [4.69, 9.17) is 21.9 Å². The number of halogens is 1. The minimum absolute atomic E-state index is 0.0603. The third-order valence-corrected chi connectivity index (χ3v) is 3.76. The third-order valence-electron chi connectivity index (χ3n) is 3.52. The topological polar surface area (TPSA) is 108 Å². The zero-order valence-corrected chi connectivity index (χ0v) is 12.4. The van der Waals surface area contributed by atoms with Crippen LogP contribution in [0.3, 0.4) is 0 Å². The molecule has 0 radical (unpaired) electrons. The van der Waals surface area contributed by atoms with Crippen molar-refractivity contribution >= 4 is 17.3 Å². The highest BCUT2D eigenvalue weighted by atomic mass is 35.5. The summed E-state index contributed by atoms with van der Waals surface area (Å²) in [7, 11) is 0. The monoisotopic (exact) mass is 310 g/mol. The number of rotatable bonds is 5. The van der Waals surface area contributed by atoms with Gasteiger partial charge in [-0.3, -0.25) is 10.1 Å². The molecule has 7 nitrogen and oxygen atoms in total. The third kappa shape index (κ3) is 2.88. The molecule has 0 spiro atoms. The van der Waals surface area contributed by atoms with E-state index < -0.39 is 10.5 Å². The van der Waals surface area contributed by atoms with E-state index in [9.17, 15) is 10.1 Å². The molecule has 0 bridgehead atoms. The van der Waals surface area contributed by atoms with Gasteiger partial charge in [-0.25, -0.2) is 0 Å². The van der Waals surface area contributed by atoms with Gasteiger partial charge in [0.25, 0.3) is 11.6 Å². The number of nitro benzene ring substituents is 1. The second kappa shape index (κ2) is 5.79. The number of aromatic nitrogens is 2. The number of hydrogen-bond donors (Lipinski definition) is 1. The summed E-state index contributed by atoms with van der Waals surface area (Å²) < 4.78 is 5.14. The molecule has 0 aliphatic carbocycles. The Morgan fingerprint density at radius 3 is 2.67 bits per heavy atom. The van der Waals surface area contributed by atoms with Gasteiger partial charge in [0.05, 0.1) is 10.5 Å². The van der Waals surface area contributed by atoms with Crippen molar-refractivity contribution in [2.45, 2.75) is 32.2 Å². The van der Waals surface area contributed by atoms with Crippen LogP contribution < -0.4 is 5.73 Å². The van der Waals surface area contributed by atoms with Crippen molar-refractivity contribution in [1.29, 1.82) is 0 Å². The molecule has 1 aromatic heterocycles. The normalized spacial score (nSPS) is 11.6. The Balaban J connectivity index is 2.50. The number of benzene rings is 1. The van der Waals surface area contributed by atoms with Crippen LogP contribution in [0.2, 0.25) is 5.02 Å². The maximum atomic E-state index is 11.1. The lowest BCUT2D eigenvalue weighted by Gasteiger charge is -2.21. The first-order chi connectivity index (χ1) is 9.91. The second-order valence-electron chi connectivity index (χ2n) is 4.70.